The molecule has 0 saturated heterocycles. The molecule has 0 aromatic heterocycles. The van der Waals surface area contributed by atoms with Gasteiger partial charge in [-0.15, -0.1) is 0 Å². The van der Waals surface area contributed by atoms with E-state index >= 15 is 0 Å². The van der Waals surface area contributed by atoms with E-state index < -0.39 is 0 Å². The molecule has 0 spiro atoms. The molecule has 0 fully saturated rings. The summed E-state index contributed by atoms with van der Waals surface area (Å²) in [5.41, 5.74) is 1.40. The van der Waals surface area contributed by atoms with Gasteiger partial charge in [-0.2, -0.15) is 0 Å². The molecule has 0 aliphatic carbocycles. The van der Waals surface area contributed by atoms with Gasteiger partial charge in [0.1, 0.15) is 0 Å². The van der Waals surface area contributed by atoms with Crippen LogP contribution in [0.4, 0.5) is 5.69 Å². The predicted octanol–water partition coefficient (Wildman–Crippen LogP) is 7.04. The Hall–Kier alpha value is -1.71. The molecule has 0 saturated carbocycles. The van der Waals surface area contributed by atoms with Crippen LogP contribution in [0.15, 0.2) is 78.4 Å². The van der Waals surface area contributed by atoms with Crippen molar-refractivity contribution in [1.82, 2.24) is 0 Å². The first-order valence-electron chi connectivity index (χ1n) is 7.58. The van der Waals surface area contributed by atoms with Crippen LogP contribution in [0.2, 0.25) is 15.1 Å². The minimum Gasteiger partial charge on any atom is -0.304 e. The molecule has 2 aromatic rings. The second kappa shape index (κ2) is 9.84. The van der Waals surface area contributed by atoms with Gasteiger partial charge in [0.2, 0.25) is 0 Å². The summed E-state index contributed by atoms with van der Waals surface area (Å²) in [5, 5.41) is 1.92. The van der Waals surface area contributed by atoms with Crippen LogP contribution in [0.25, 0.3) is 0 Å². The molecular weight excluding hydrogens is 412 g/mol. The molecule has 2 nitrogen and oxygen atoms in total. The first-order valence-corrected chi connectivity index (χ1v) is 9.09. The standard InChI is InChI=1S/C20H15Cl4NO/c1-2-4-15(21)9-10-20(26)25(18-6-3-5-16(22)11-18)13-14-7-8-17(23)12-19(14)24/h2-12H,1,13H2/b10-9-,15-4+. The van der Waals surface area contributed by atoms with Gasteiger partial charge in [-0.3, -0.25) is 4.79 Å². The Morgan fingerprint density at radius 3 is 2.42 bits per heavy atom. The van der Waals surface area contributed by atoms with Crippen LogP contribution in [0.5, 0.6) is 0 Å². The highest BCUT2D eigenvalue weighted by Crippen LogP contribution is 2.26. The highest BCUT2D eigenvalue weighted by molar-refractivity contribution is 6.35. The summed E-state index contributed by atoms with van der Waals surface area (Å²) in [6, 6.07) is 12.2. The van der Waals surface area contributed by atoms with Gasteiger partial charge in [-0.25, -0.2) is 0 Å². The van der Waals surface area contributed by atoms with Gasteiger partial charge >= 0.3 is 0 Å². The van der Waals surface area contributed by atoms with Crippen molar-refractivity contribution in [2.45, 2.75) is 6.54 Å². The summed E-state index contributed by atoms with van der Waals surface area (Å²) >= 11 is 24.3. The summed E-state index contributed by atoms with van der Waals surface area (Å²) < 4.78 is 0. The summed E-state index contributed by atoms with van der Waals surface area (Å²) in [6.07, 6.45) is 6.02. The monoisotopic (exact) mass is 425 g/mol. The number of benzene rings is 2. The number of allylic oxidation sites excluding steroid dienone is 4. The lowest BCUT2D eigenvalue weighted by molar-refractivity contribution is -0.114. The number of carbonyl (C=O) groups is 1. The second-order valence-electron chi connectivity index (χ2n) is 5.26. The van der Waals surface area contributed by atoms with Crippen molar-refractivity contribution in [2.24, 2.45) is 0 Å². The molecule has 134 valence electrons. The van der Waals surface area contributed by atoms with Gasteiger partial charge in [-0.1, -0.05) is 71.2 Å². The molecule has 0 N–H and O–H groups in total. The fraction of sp³-hybridized carbons (Fsp3) is 0.0500. The molecule has 0 heterocycles. The Kier molecular flexibility index (Phi) is 7.80. The maximum Gasteiger partial charge on any atom is 0.251 e. The normalized spacial score (nSPS) is 11.6. The molecular formula is C20H15Cl4NO. The number of anilines is 1. The van der Waals surface area contributed by atoms with Crippen molar-refractivity contribution in [3.8, 4) is 0 Å². The van der Waals surface area contributed by atoms with Crippen LogP contribution < -0.4 is 4.90 Å². The van der Waals surface area contributed by atoms with Gasteiger partial charge in [0, 0.05) is 31.9 Å². The number of nitrogens with zero attached hydrogens (tertiary/aromatic N) is 1. The highest BCUT2D eigenvalue weighted by Gasteiger charge is 2.16. The first-order chi connectivity index (χ1) is 12.4. The van der Waals surface area contributed by atoms with Crippen molar-refractivity contribution in [1.29, 1.82) is 0 Å². The van der Waals surface area contributed by atoms with Crippen LogP contribution in [0, 0.1) is 0 Å². The third-order valence-electron chi connectivity index (χ3n) is 3.39. The fourth-order valence-corrected chi connectivity index (χ4v) is 2.97. The lowest BCUT2D eigenvalue weighted by atomic mass is 10.2. The summed E-state index contributed by atoms with van der Waals surface area (Å²) in [7, 11) is 0. The smallest absolute Gasteiger partial charge is 0.251 e. The van der Waals surface area contributed by atoms with Crippen LogP contribution in [-0.4, -0.2) is 5.91 Å². The maximum absolute atomic E-state index is 12.8. The summed E-state index contributed by atoms with van der Waals surface area (Å²) in [5.74, 6) is -0.270. The molecule has 0 unspecified atom stereocenters. The lowest BCUT2D eigenvalue weighted by Crippen LogP contribution is -2.28. The molecule has 2 rings (SSSR count). The van der Waals surface area contributed by atoms with Crippen LogP contribution >= 0.6 is 46.4 Å². The van der Waals surface area contributed by atoms with Gasteiger partial charge in [0.05, 0.1) is 6.54 Å². The average Bonchev–Trinajstić information content (AvgIpc) is 2.59. The molecule has 6 heteroatoms. The zero-order valence-corrected chi connectivity index (χ0v) is 16.7. The van der Waals surface area contributed by atoms with E-state index in [2.05, 4.69) is 6.58 Å². The van der Waals surface area contributed by atoms with E-state index in [0.717, 1.165) is 5.56 Å². The molecule has 0 atom stereocenters. The molecule has 0 aliphatic heterocycles. The molecule has 0 aliphatic rings. The minimum atomic E-state index is -0.270. The van der Waals surface area contributed by atoms with Gasteiger partial charge in [0.15, 0.2) is 0 Å². The molecule has 2 aromatic carbocycles. The van der Waals surface area contributed by atoms with E-state index in [9.17, 15) is 4.79 Å². The van der Waals surface area contributed by atoms with Crippen molar-refractivity contribution < 1.29 is 4.79 Å². The largest absolute Gasteiger partial charge is 0.304 e. The molecule has 0 radical (unpaired) electrons. The summed E-state index contributed by atoms with van der Waals surface area (Å²) in [6.45, 7) is 3.81. The van der Waals surface area contributed by atoms with Gasteiger partial charge in [-0.05, 0) is 48.0 Å². The quantitative estimate of drug-likeness (QED) is 0.358. The number of hydrogen-bond acceptors (Lipinski definition) is 1. The predicted molar refractivity (Wildman–Crippen MR) is 112 cm³/mol. The van der Waals surface area contributed by atoms with Crippen molar-refractivity contribution in [2.75, 3.05) is 4.90 Å². The van der Waals surface area contributed by atoms with Gasteiger partial charge < -0.3 is 4.90 Å². The van der Waals surface area contributed by atoms with Crippen molar-refractivity contribution in [3.05, 3.63) is 99.0 Å². The Labute approximate surface area is 172 Å². The lowest BCUT2D eigenvalue weighted by Gasteiger charge is -2.22. The maximum atomic E-state index is 12.8. The zero-order valence-electron chi connectivity index (χ0n) is 13.6. The summed E-state index contributed by atoms with van der Waals surface area (Å²) in [4.78, 5) is 14.3. The Bertz CT molecular complexity index is 874. The van der Waals surface area contributed by atoms with E-state index in [1.807, 2.05) is 0 Å². The van der Waals surface area contributed by atoms with Crippen LogP contribution in [0.1, 0.15) is 5.56 Å². The van der Waals surface area contributed by atoms with Gasteiger partial charge in [0.25, 0.3) is 5.91 Å². The average molecular weight is 427 g/mol. The molecule has 0 bridgehead atoms. The van der Waals surface area contributed by atoms with E-state index in [0.29, 0.717) is 25.8 Å². The molecule has 1 amide bonds. The Morgan fingerprint density at radius 1 is 1.04 bits per heavy atom. The third kappa shape index (κ3) is 5.93. The first kappa shape index (κ1) is 20.6. The number of carbonyl (C=O) groups excluding carboxylic acids is 1. The van der Waals surface area contributed by atoms with E-state index in [1.165, 1.54) is 12.2 Å². The fourth-order valence-electron chi connectivity index (χ4n) is 2.17. The zero-order chi connectivity index (χ0) is 19.1. The van der Waals surface area contributed by atoms with E-state index in [1.54, 1.807) is 59.5 Å². The van der Waals surface area contributed by atoms with Crippen LogP contribution in [-0.2, 0) is 11.3 Å². The number of hydrogen-bond donors (Lipinski definition) is 0. The second-order valence-corrected chi connectivity index (χ2v) is 6.98. The number of rotatable bonds is 6. The SMILES string of the molecule is C=C/C=C(Cl)\C=C/C(=O)N(Cc1ccc(Cl)cc1Cl)c1cccc(Cl)c1. The Morgan fingerprint density at radius 2 is 1.77 bits per heavy atom. The van der Waals surface area contributed by atoms with Crippen LogP contribution in [0.3, 0.4) is 0 Å². The third-order valence-corrected chi connectivity index (χ3v) is 4.47. The number of amides is 1. The topological polar surface area (TPSA) is 20.3 Å². The highest BCUT2D eigenvalue weighted by atomic mass is 35.5. The minimum absolute atomic E-state index is 0.252. The Balaban J connectivity index is 2.37. The number of halogens is 4. The van der Waals surface area contributed by atoms with Crippen molar-refractivity contribution in [3.63, 3.8) is 0 Å². The van der Waals surface area contributed by atoms with Crippen molar-refractivity contribution >= 4 is 58.0 Å². The van der Waals surface area contributed by atoms with E-state index in [-0.39, 0.29) is 12.5 Å². The van der Waals surface area contributed by atoms with E-state index in [4.69, 9.17) is 46.4 Å². The molecule has 26 heavy (non-hydrogen) atoms.